The molecule has 0 bridgehead atoms. The standard InChI is InChI=1S/C63H103NO8/c1-6-8-10-12-14-16-18-20-22-24-26-27-28-29-30-31-32-33-34-35-36-38-40-42-44-46-48-50-52-54-61(66)72-59(58-71-63(62(67)68)69-56-55-64(3,4)5)57-70-60(65)53-51-49-47-45-43-41-39-37-25-23-21-19-17-15-13-11-9-7-2/h8,10,14,16-17,19-20,22-23,25-27,29-30,32-33,35-36,40,42,59,63H,6-7,9,11-13,15,18,21,24,28,31,34,37-39,41,43-58H2,1-5H3/b10-8-,16-14-,19-17-,22-20-,25-23-,27-26-,30-29-,33-32-,36-35-,42-40-. The third kappa shape index (κ3) is 53.5. The van der Waals surface area contributed by atoms with E-state index < -0.39 is 24.3 Å². The zero-order chi connectivity index (χ0) is 52.7. The van der Waals surface area contributed by atoms with Crippen LogP contribution in [0.15, 0.2) is 122 Å². The van der Waals surface area contributed by atoms with E-state index in [1.807, 2.05) is 21.1 Å². The molecule has 0 aliphatic rings. The average Bonchev–Trinajstić information content (AvgIpc) is 3.35. The van der Waals surface area contributed by atoms with Crippen LogP contribution in [0.3, 0.4) is 0 Å². The molecule has 0 radical (unpaired) electrons. The maximum atomic E-state index is 12.8. The van der Waals surface area contributed by atoms with Gasteiger partial charge in [-0.25, -0.2) is 0 Å². The first-order valence-corrected chi connectivity index (χ1v) is 28.2. The molecule has 0 aromatic rings. The summed E-state index contributed by atoms with van der Waals surface area (Å²) in [5.41, 5.74) is 0. The molecule has 408 valence electrons. The molecule has 9 nitrogen and oxygen atoms in total. The van der Waals surface area contributed by atoms with Crippen molar-refractivity contribution in [2.45, 2.75) is 212 Å². The Labute approximate surface area is 440 Å². The third-order valence-electron chi connectivity index (χ3n) is 11.4. The molecule has 2 unspecified atom stereocenters. The number of esters is 2. The number of unbranched alkanes of at least 4 members (excludes halogenated alkanes) is 15. The van der Waals surface area contributed by atoms with E-state index in [0.29, 0.717) is 17.4 Å². The molecule has 0 saturated carbocycles. The summed E-state index contributed by atoms with van der Waals surface area (Å²) in [4.78, 5) is 37.2. The van der Waals surface area contributed by atoms with Crippen molar-refractivity contribution >= 4 is 17.9 Å². The van der Waals surface area contributed by atoms with E-state index in [4.69, 9.17) is 18.9 Å². The van der Waals surface area contributed by atoms with Gasteiger partial charge >= 0.3 is 11.9 Å². The van der Waals surface area contributed by atoms with Crippen LogP contribution in [-0.2, 0) is 33.3 Å². The number of carbonyl (C=O) groups excluding carboxylic acids is 3. The van der Waals surface area contributed by atoms with Crippen molar-refractivity contribution in [3.8, 4) is 0 Å². The van der Waals surface area contributed by atoms with Crippen molar-refractivity contribution in [1.29, 1.82) is 0 Å². The highest BCUT2D eigenvalue weighted by atomic mass is 16.7. The number of carbonyl (C=O) groups is 3. The van der Waals surface area contributed by atoms with Crippen LogP contribution in [-0.4, -0.2) is 82.3 Å². The van der Waals surface area contributed by atoms with E-state index in [1.165, 1.54) is 51.4 Å². The minimum atomic E-state index is -1.64. The average molecular weight is 1000 g/mol. The van der Waals surface area contributed by atoms with Crippen molar-refractivity contribution < 1.29 is 42.9 Å². The summed E-state index contributed by atoms with van der Waals surface area (Å²) in [7, 11) is 5.90. The number of likely N-dealkylation sites (N-methyl/N-ethyl adjacent to an activating group) is 1. The van der Waals surface area contributed by atoms with Crippen molar-refractivity contribution in [2.75, 3.05) is 47.5 Å². The number of nitrogens with zero attached hydrogens (tertiary/aromatic N) is 1. The van der Waals surface area contributed by atoms with Gasteiger partial charge in [-0.05, 0) is 109 Å². The van der Waals surface area contributed by atoms with Crippen LogP contribution in [0.25, 0.3) is 0 Å². The van der Waals surface area contributed by atoms with Gasteiger partial charge in [0.25, 0.3) is 0 Å². The first-order chi connectivity index (χ1) is 35.1. The van der Waals surface area contributed by atoms with Gasteiger partial charge in [-0.3, -0.25) is 9.59 Å². The Balaban J connectivity index is 4.38. The topological polar surface area (TPSA) is 111 Å². The SMILES string of the molecule is CC/C=C\C/C=C\C/C=C\C/C=C\C/C=C\C/C=C\C/C=C\C/C=C\CCCCCCC(=O)OC(COC(=O)CCCCCCCCC/C=C\C/C=C\CCCCCC)COC(OCC[N+](C)(C)C)C(=O)[O-]. The van der Waals surface area contributed by atoms with E-state index >= 15 is 0 Å². The smallest absolute Gasteiger partial charge is 0.306 e. The highest BCUT2D eigenvalue weighted by molar-refractivity contribution is 5.70. The van der Waals surface area contributed by atoms with Crippen LogP contribution >= 0.6 is 0 Å². The summed E-state index contributed by atoms with van der Waals surface area (Å²) < 4.78 is 22.6. The van der Waals surface area contributed by atoms with Gasteiger partial charge in [-0.1, -0.05) is 200 Å². The Morgan fingerprint density at radius 2 is 0.792 bits per heavy atom. The van der Waals surface area contributed by atoms with Gasteiger partial charge in [-0.2, -0.15) is 0 Å². The summed E-state index contributed by atoms with van der Waals surface area (Å²) in [6.07, 6.45) is 70.9. The lowest BCUT2D eigenvalue weighted by Crippen LogP contribution is -2.44. The number of rotatable bonds is 50. The molecule has 2 atom stereocenters. The predicted octanol–water partition coefficient (Wildman–Crippen LogP) is 15.2. The van der Waals surface area contributed by atoms with Gasteiger partial charge in [0.05, 0.1) is 40.3 Å². The Hall–Kier alpha value is -4.31. The van der Waals surface area contributed by atoms with Crippen LogP contribution in [0.1, 0.15) is 200 Å². The number of allylic oxidation sites excluding steroid dienone is 20. The van der Waals surface area contributed by atoms with Gasteiger partial charge in [0.2, 0.25) is 0 Å². The molecule has 72 heavy (non-hydrogen) atoms. The molecule has 0 heterocycles. The number of carboxylic acid groups (broad SMARTS) is 1. The first-order valence-electron chi connectivity index (χ1n) is 28.2. The molecule has 0 rings (SSSR count). The fraction of sp³-hybridized carbons (Fsp3) is 0.635. The van der Waals surface area contributed by atoms with Gasteiger partial charge in [0, 0.05) is 12.8 Å². The zero-order valence-corrected chi connectivity index (χ0v) is 46.2. The molecular weight excluding hydrogens is 899 g/mol. The van der Waals surface area contributed by atoms with Crippen molar-refractivity contribution in [1.82, 2.24) is 0 Å². The largest absolute Gasteiger partial charge is 0.545 e. The molecule has 0 spiro atoms. The van der Waals surface area contributed by atoms with Crippen LogP contribution in [0.2, 0.25) is 0 Å². The second kappa shape index (κ2) is 53.0. The van der Waals surface area contributed by atoms with E-state index in [9.17, 15) is 19.5 Å². The Bertz CT molecular complexity index is 1590. The van der Waals surface area contributed by atoms with E-state index in [-0.39, 0.29) is 38.6 Å². The predicted molar refractivity (Wildman–Crippen MR) is 301 cm³/mol. The van der Waals surface area contributed by atoms with Gasteiger partial charge in [-0.15, -0.1) is 0 Å². The van der Waals surface area contributed by atoms with Crippen molar-refractivity contribution in [2.24, 2.45) is 0 Å². The monoisotopic (exact) mass is 1000 g/mol. The van der Waals surface area contributed by atoms with Crippen molar-refractivity contribution in [3.63, 3.8) is 0 Å². The Kier molecular flexibility index (Phi) is 49.8. The number of carboxylic acids is 1. The Morgan fingerprint density at radius 3 is 1.18 bits per heavy atom. The molecule has 0 aliphatic carbocycles. The fourth-order valence-corrected chi connectivity index (χ4v) is 7.11. The van der Waals surface area contributed by atoms with Crippen LogP contribution in [0.5, 0.6) is 0 Å². The second-order valence-electron chi connectivity index (χ2n) is 19.5. The summed E-state index contributed by atoms with van der Waals surface area (Å²) in [5, 5.41) is 11.8. The number of ether oxygens (including phenoxy) is 4. The molecule has 9 heteroatoms. The van der Waals surface area contributed by atoms with E-state index in [1.54, 1.807) is 0 Å². The lowest BCUT2D eigenvalue weighted by atomic mass is 10.1. The van der Waals surface area contributed by atoms with Gasteiger partial charge in [0.15, 0.2) is 12.4 Å². The highest BCUT2D eigenvalue weighted by Crippen LogP contribution is 2.13. The van der Waals surface area contributed by atoms with Gasteiger partial charge in [0.1, 0.15) is 13.2 Å². The molecule has 0 aliphatic heterocycles. The number of hydrogen-bond acceptors (Lipinski definition) is 8. The second-order valence-corrected chi connectivity index (χ2v) is 19.5. The summed E-state index contributed by atoms with van der Waals surface area (Å²) in [5.74, 6) is -2.34. The lowest BCUT2D eigenvalue weighted by molar-refractivity contribution is -0.870. The highest BCUT2D eigenvalue weighted by Gasteiger charge is 2.22. The van der Waals surface area contributed by atoms with Crippen LogP contribution in [0.4, 0.5) is 0 Å². The van der Waals surface area contributed by atoms with E-state index in [0.717, 1.165) is 116 Å². The summed E-state index contributed by atoms with van der Waals surface area (Å²) in [6.45, 7) is 4.56. The molecule has 0 amide bonds. The lowest BCUT2D eigenvalue weighted by Gasteiger charge is -2.26. The molecular formula is C63H103NO8. The number of hydrogen-bond donors (Lipinski definition) is 0. The summed E-state index contributed by atoms with van der Waals surface area (Å²) >= 11 is 0. The first kappa shape index (κ1) is 67.7. The minimum absolute atomic E-state index is 0.134. The summed E-state index contributed by atoms with van der Waals surface area (Å²) in [6, 6.07) is 0. The zero-order valence-electron chi connectivity index (χ0n) is 46.2. The number of quaternary nitrogens is 1. The van der Waals surface area contributed by atoms with Crippen LogP contribution < -0.4 is 5.11 Å². The Morgan fingerprint density at radius 1 is 0.431 bits per heavy atom. The molecule has 0 N–H and O–H groups in total. The van der Waals surface area contributed by atoms with Crippen LogP contribution in [0, 0.1) is 0 Å². The van der Waals surface area contributed by atoms with E-state index in [2.05, 4.69) is 135 Å². The number of aliphatic carboxylic acids is 1. The van der Waals surface area contributed by atoms with Gasteiger partial charge < -0.3 is 33.3 Å². The van der Waals surface area contributed by atoms with Crippen molar-refractivity contribution in [3.05, 3.63) is 122 Å². The maximum Gasteiger partial charge on any atom is 0.306 e. The fourth-order valence-electron chi connectivity index (χ4n) is 7.11. The normalized spacial score (nSPS) is 13.7. The third-order valence-corrected chi connectivity index (χ3v) is 11.4. The quantitative estimate of drug-likeness (QED) is 0.0195. The molecule has 0 aromatic heterocycles. The minimum Gasteiger partial charge on any atom is -0.545 e. The maximum absolute atomic E-state index is 12.8. The molecule has 0 aromatic carbocycles. The molecule has 0 saturated heterocycles. The molecule has 0 fully saturated rings.